The molecule has 0 bridgehead atoms. The zero-order chi connectivity index (χ0) is 18.6. The summed E-state index contributed by atoms with van der Waals surface area (Å²) in [6, 6.07) is 12.1. The minimum absolute atomic E-state index is 0.278. The monoisotopic (exact) mass is 382 g/mol. The topological polar surface area (TPSA) is 57.2 Å². The van der Waals surface area contributed by atoms with Crippen LogP contribution in [0.1, 0.15) is 6.92 Å². The van der Waals surface area contributed by atoms with Gasteiger partial charge in [0.2, 0.25) is 0 Å². The number of nitrogens with zero attached hydrogens (tertiary/aromatic N) is 5. The van der Waals surface area contributed by atoms with E-state index < -0.39 is 0 Å². The Kier molecular flexibility index (Phi) is 5.36. The first-order valence-corrected chi connectivity index (χ1v) is 9.62. The van der Waals surface area contributed by atoms with Gasteiger partial charge in [0.05, 0.1) is 5.52 Å². The third kappa shape index (κ3) is 4.28. The largest absolute Gasteiger partial charge is 0.366 e. The lowest BCUT2D eigenvalue weighted by atomic mass is 10.2. The Morgan fingerprint density at radius 3 is 2.70 bits per heavy atom. The van der Waals surface area contributed by atoms with E-state index >= 15 is 0 Å². The number of anilines is 2. The van der Waals surface area contributed by atoms with Gasteiger partial charge in [-0.1, -0.05) is 17.7 Å². The lowest BCUT2D eigenvalue weighted by Crippen LogP contribution is -2.49. The van der Waals surface area contributed by atoms with Gasteiger partial charge in [-0.3, -0.25) is 4.90 Å². The van der Waals surface area contributed by atoms with Crippen molar-refractivity contribution in [3.05, 3.63) is 53.9 Å². The number of hydrogen-bond acceptors (Lipinski definition) is 6. The van der Waals surface area contributed by atoms with Gasteiger partial charge in [0, 0.05) is 55.4 Å². The van der Waals surface area contributed by atoms with E-state index in [1.54, 1.807) is 6.33 Å². The van der Waals surface area contributed by atoms with Crippen LogP contribution in [0.2, 0.25) is 5.02 Å². The zero-order valence-corrected chi connectivity index (χ0v) is 16.1. The van der Waals surface area contributed by atoms with Crippen LogP contribution in [0, 0.1) is 0 Å². The van der Waals surface area contributed by atoms with Crippen molar-refractivity contribution in [1.82, 2.24) is 19.9 Å². The highest BCUT2D eigenvalue weighted by molar-refractivity contribution is 6.31. The molecule has 2 aromatic heterocycles. The van der Waals surface area contributed by atoms with Crippen molar-refractivity contribution in [2.75, 3.05) is 42.9 Å². The minimum atomic E-state index is 0.278. The van der Waals surface area contributed by atoms with Gasteiger partial charge in [-0.25, -0.2) is 15.0 Å². The van der Waals surface area contributed by atoms with Gasteiger partial charge in [-0.15, -0.1) is 0 Å². The molecule has 27 heavy (non-hydrogen) atoms. The maximum atomic E-state index is 6.07. The molecule has 3 heterocycles. The van der Waals surface area contributed by atoms with E-state index in [9.17, 15) is 0 Å². The lowest BCUT2D eigenvalue weighted by Gasteiger charge is -2.36. The molecule has 7 heteroatoms. The van der Waals surface area contributed by atoms with Gasteiger partial charge >= 0.3 is 0 Å². The Morgan fingerprint density at radius 2 is 1.93 bits per heavy atom. The predicted molar refractivity (Wildman–Crippen MR) is 111 cm³/mol. The van der Waals surface area contributed by atoms with Gasteiger partial charge in [0.15, 0.2) is 0 Å². The number of benzene rings is 1. The summed E-state index contributed by atoms with van der Waals surface area (Å²) in [5, 5.41) is 5.21. The van der Waals surface area contributed by atoms with Crippen molar-refractivity contribution in [2.24, 2.45) is 0 Å². The molecule has 1 atom stereocenters. The fourth-order valence-corrected chi connectivity index (χ4v) is 3.68. The molecule has 1 saturated heterocycles. The molecule has 140 valence electrons. The Hall–Kier alpha value is -2.44. The standard InChI is InChI=1S/C20H23ClN6/c1-15(25-20-17-6-5-16(21)12-18(17)23-14-24-20)13-26-8-10-27(11-9-26)19-4-2-3-7-22-19/h2-7,12,14-15H,8-11,13H2,1H3,(H,23,24,25). The lowest BCUT2D eigenvalue weighted by molar-refractivity contribution is 0.250. The first-order chi connectivity index (χ1) is 13.2. The molecular weight excluding hydrogens is 360 g/mol. The van der Waals surface area contributed by atoms with Crippen molar-refractivity contribution < 1.29 is 0 Å². The van der Waals surface area contributed by atoms with Crippen LogP contribution in [0.3, 0.4) is 0 Å². The van der Waals surface area contributed by atoms with E-state index in [1.807, 2.05) is 36.5 Å². The van der Waals surface area contributed by atoms with Crippen LogP contribution in [0.5, 0.6) is 0 Å². The van der Waals surface area contributed by atoms with Crippen LogP contribution in [-0.2, 0) is 0 Å². The number of piperazine rings is 1. The molecule has 6 nitrogen and oxygen atoms in total. The molecule has 0 spiro atoms. The van der Waals surface area contributed by atoms with E-state index in [2.05, 4.69) is 43.1 Å². The second kappa shape index (κ2) is 8.06. The second-order valence-corrected chi connectivity index (χ2v) is 7.34. The second-order valence-electron chi connectivity index (χ2n) is 6.90. The summed E-state index contributed by atoms with van der Waals surface area (Å²) in [4.78, 5) is 18.0. The Bertz CT molecular complexity index is 895. The highest BCUT2D eigenvalue weighted by Crippen LogP contribution is 2.23. The molecular formula is C20H23ClN6. The van der Waals surface area contributed by atoms with Crippen LogP contribution >= 0.6 is 11.6 Å². The number of hydrogen-bond donors (Lipinski definition) is 1. The minimum Gasteiger partial charge on any atom is -0.366 e. The molecule has 1 unspecified atom stereocenters. The average Bonchev–Trinajstić information content (AvgIpc) is 2.69. The summed E-state index contributed by atoms with van der Waals surface area (Å²) in [6.45, 7) is 7.22. The molecule has 1 aromatic carbocycles. The normalized spacial score (nSPS) is 16.4. The van der Waals surface area contributed by atoms with E-state index in [-0.39, 0.29) is 6.04 Å². The number of rotatable bonds is 5. The van der Waals surface area contributed by atoms with Crippen molar-refractivity contribution in [3.63, 3.8) is 0 Å². The number of nitrogens with one attached hydrogen (secondary N) is 1. The number of halogens is 1. The van der Waals surface area contributed by atoms with Crippen molar-refractivity contribution in [2.45, 2.75) is 13.0 Å². The first kappa shape index (κ1) is 17.9. The summed E-state index contributed by atoms with van der Waals surface area (Å²) in [7, 11) is 0. The van der Waals surface area contributed by atoms with E-state index in [0.717, 1.165) is 55.3 Å². The molecule has 0 saturated carbocycles. The quantitative estimate of drug-likeness (QED) is 0.730. The molecule has 0 aliphatic carbocycles. The molecule has 0 radical (unpaired) electrons. The highest BCUT2D eigenvalue weighted by atomic mass is 35.5. The number of fused-ring (bicyclic) bond motifs is 1. The van der Waals surface area contributed by atoms with Crippen LogP contribution in [0.15, 0.2) is 48.9 Å². The molecule has 0 amide bonds. The van der Waals surface area contributed by atoms with Crippen LogP contribution < -0.4 is 10.2 Å². The molecule has 1 aliphatic rings. The molecule has 4 rings (SSSR count). The van der Waals surface area contributed by atoms with Gasteiger partial charge in [0.25, 0.3) is 0 Å². The smallest absolute Gasteiger partial charge is 0.137 e. The molecule has 1 N–H and O–H groups in total. The highest BCUT2D eigenvalue weighted by Gasteiger charge is 2.19. The van der Waals surface area contributed by atoms with Crippen molar-refractivity contribution in [3.8, 4) is 0 Å². The zero-order valence-electron chi connectivity index (χ0n) is 15.3. The fourth-order valence-electron chi connectivity index (χ4n) is 3.51. The summed E-state index contributed by atoms with van der Waals surface area (Å²) < 4.78 is 0. The van der Waals surface area contributed by atoms with Gasteiger partial charge in [-0.05, 0) is 37.3 Å². The summed E-state index contributed by atoms with van der Waals surface area (Å²) in [5.41, 5.74) is 0.858. The number of pyridine rings is 1. The third-order valence-corrected chi connectivity index (χ3v) is 5.09. The molecule has 3 aromatic rings. The van der Waals surface area contributed by atoms with E-state index in [0.29, 0.717) is 5.02 Å². The van der Waals surface area contributed by atoms with E-state index in [4.69, 9.17) is 11.6 Å². The Labute approximate surface area is 164 Å². The summed E-state index contributed by atoms with van der Waals surface area (Å²) in [5.74, 6) is 1.92. The Morgan fingerprint density at radius 1 is 1.07 bits per heavy atom. The Balaban J connectivity index is 1.35. The average molecular weight is 383 g/mol. The first-order valence-electron chi connectivity index (χ1n) is 9.24. The maximum Gasteiger partial charge on any atom is 0.137 e. The maximum absolute atomic E-state index is 6.07. The van der Waals surface area contributed by atoms with Crippen molar-refractivity contribution in [1.29, 1.82) is 0 Å². The van der Waals surface area contributed by atoms with Gasteiger partial charge < -0.3 is 10.2 Å². The van der Waals surface area contributed by atoms with E-state index in [1.165, 1.54) is 0 Å². The summed E-state index contributed by atoms with van der Waals surface area (Å²) in [6.07, 6.45) is 3.44. The summed E-state index contributed by atoms with van der Waals surface area (Å²) >= 11 is 6.07. The number of aromatic nitrogens is 3. The van der Waals surface area contributed by atoms with Gasteiger partial charge in [-0.2, -0.15) is 0 Å². The molecule has 1 fully saturated rings. The predicted octanol–water partition coefficient (Wildman–Crippen LogP) is 3.30. The van der Waals surface area contributed by atoms with Crippen LogP contribution in [0.25, 0.3) is 10.9 Å². The van der Waals surface area contributed by atoms with Crippen LogP contribution in [0.4, 0.5) is 11.6 Å². The van der Waals surface area contributed by atoms with Gasteiger partial charge in [0.1, 0.15) is 18.0 Å². The molecule has 1 aliphatic heterocycles. The SMILES string of the molecule is CC(CN1CCN(c2ccccn2)CC1)Nc1ncnc2cc(Cl)ccc12. The van der Waals surface area contributed by atoms with Crippen molar-refractivity contribution >= 4 is 34.1 Å². The third-order valence-electron chi connectivity index (χ3n) is 4.86. The fraction of sp³-hybridized carbons (Fsp3) is 0.350. The van der Waals surface area contributed by atoms with Crippen LogP contribution in [-0.4, -0.2) is 58.6 Å².